The molecule has 0 saturated heterocycles. The summed E-state index contributed by atoms with van der Waals surface area (Å²) in [4.78, 5) is 28.0. The molecule has 2 N–H and O–H groups in total. The van der Waals surface area contributed by atoms with Gasteiger partial charge in [-0.1, -0.05) is 36.0 Å². The van der Waals surface area contributed by atoms with Crippen molar-refractivity contribution in [2.24, 2.45) is 0 Å². The average Bonchev–Trinajstić information content (AvgIpc) is 3.09. The van der Waals surface area contributed by atoms with Gasteiger partial charge in [-0.2, -0.15) is 0 Å². The van der Waals surface area contributed by atoms with E-state index in [0.717, 1.165) is 17.3 Å². The number of ether oxygens (including phenoxy) is 1. The van der Waals surface area contributed by atoms with Crippen LogP contribution in [0.3, 0.4) is 0 Å². The molecule has 0 saturated carbocycles. The van der Waals surface area contributed by atoms with E-state index in [9.17, 15) is 14.7 Å². The van der Waals surface area contributed by atoms with E-state index in [2.05, 4.69) is 10.3 Å². The number of amides is 1. The van der Waals surface area contributed by atoms with Gasteiger partial charge in [0.05, 0.1) is 24.3 Å². The van der Waals surface area contributed by atoms with Crippen LogP contribution in [0.2, 0.25) is 0 Å². The van der Waals surface area contributed by atoms with Crippen molar-refractivity contribution in [3.8, 4) is 5.75 Å². The molecule has 7 nitrogen and oxygen atoms in total. The molecule has 1 amide bonds. The summed E-state index contributed by atoms with van der Waals surface area (Å²) in [6.07, 6.45) is -0.178. The minimum absolute atomic E-state index is 0.0410. The summed E-state index contributed by atoms with van der Waals surface area (Å²) in [6, 6.07) is 13.8. The fourth-order valence-corrected chi connectivity index (χ4v) is 3.40. The van der Waals surface area contributed by atoms with E-state index in [1.165, 1.54) is 0 Å². The van der Waals surface area contributed by atoms with Gasteiger partial charge in [0.2, 0.25) is 5.91 Å². The van der Waals surface area contributed by atoms with Crippen LogP contribution in [-0.2, 0) is 9.59 Å². The normalized spacial score (nSPS) is 12.1. The Morgan fingerprint density at radius 1 is 1.17 bits per heavy atom. The average molecular weight is 414 g/mol. The largest absolute Gasteiger partial charge is 0.491 e. The summed E-state index contributed by atoms with van der Waals surface area (Å²) in [5, 5.41) is 12.4. The van der Waals surface area contributed by atoms with E-state index in [0.29, 0.717) is 22.1 Å². The zero-order chi connectivity index (χ0) is 20.8. The standard InChI is InChI=1S/C21H22N2O5S/c1-13(2)27-15-9-7-14(8-10-15)17(11-20(25)26)22-19(24)12-29-21-23-16-5-3-4-6-18(16)28-21/h3-10,13,17H,11-12H2,1-2H3,(H,22,24)(H,25,26)/t17-/m1/s1. The van der Waals surface area contributed by atoms with Crippen LogP contribution in [0.4, 0.5) is 0 Å². The van der Waals surface area contributed by atoms with Crippen molar-refractivity contribution in [2.45, 2.75) is 37.6 Å². The van der Waals surface area contributed by atoms with Gasteiger partial charge < -0.3 is 19.6 Å². The Balaban J connectivity index is 1.62. The molecule has 0 aliphatic heterocycles. The third kappa shape index (κ3) is 5.99. The van der Waals surface area contributed by atoms with Crippen LogP contribution in [0.5, 0.6) is 5.75 Å². The Bertz CT molecular complexity index is 951. The van der Waals surface area contributed by atoms with E-state index in [4.69, 9.17) is 9.15 Å². The van der Waals surface area contributed by atoms with Crippen molar-refractivity contribution in [3.63, 3.8) is 0 Å². The van der Waals surface area contributed by atoms with Gasteiger partial charge in [-0.25, -0.2) is 4.98 Å². The van der Waals surface area contributed by atoms with E-state index < -0.39 is 12.0 Å². The van der Waals surface area contributed by atoms with Gasteiger partial charge in [0.15, 0.2) is 5.58 Å². The second kappa shape index (κ2) is 9.47. The summed E-state index contributed by atoms with van der Waals surface area (Å²) in [6.45, 7) is 3.85. The molecule has 0 fully saturated rings. The summed E-state index contributed by atoms with van der Waals surface area (Å²) in [5.74, 6) is -0.539. The van der Waals surface area contributed by atoms with Crippen LogP contribution < -0.4 is 10.1 Å². The number of aliphatic carboxylic acids is 1. The number of fused-ring (bicyclic) bond motifs is 1. The number of carboxylic acid groups (broad SMARTS) is 1. The number of hydrogen-bond donors (Lipinski definition) is 2. The van der Waals surface area contributed by atoms with Crippen LogP contribution in [0.1, 0.15) is 31.9 Å². The SMILES string of the molecule is CC(C)Oc1ccc([C@@H](CC(=O)O)NC(=O)CSc2nc3ccccc3o2)cc1. The molecular weight excluding hydrogens is 392 g/mol. The predicted molar refractivity (Wildman–Crippen MR) is 110 cm³/mol. The Kier molecular flexibility index (Phi) is 6.77. The lowest BCUT2D eigenvalue weighted by Gasteiger charge is -2.18. The Hall–Kier alpha value is -3.00. The van der Waals surface area contributed by atoms with Crippen LogP contribution in [-0.4, -0.2) is 33.8 Å². The van der Waals surface area contributed by atoms with Crippen molar-refractivity contribution in [3.05, 3.63) is 54.1 Å². The molecule has 29 heavy (non-hydrogen) atoms. The second-order valence-corrected chi connectivity index (χ2v) is 7.62. The molecule has 1 aromatic heterocycles. The number of hydrogen-bond acceptors (Lipinski definition) is 6. The first-order chi connectivity index (χ1) is 13.9. The Labute approximate surface area is 172 Å². The highest BCUT2D eigenvalue weighted by Crippen LogP contribution is 2.24. The number of carboxylic acids is 1. The third-order valence-corrected chi connectivity index (χ3v) is 4.80. The fraction of sp³-hybridized carbons (Fsp3) is 0.286. The maximum atomic E-state index is 12.4. The molecule has 8 heteroatoms. The van der Waals surface area contributed by atoms with Gasteiger partial charge in [-0.05, 0) is 43.7 Å². The number of oxazole rings is 1. The molecule has 2 aromatic carbocycles. The summed E-state index contributed by atoms with van der Waals surface area (Å²) in [7, 11) is 0. The molecule has 1 heterocycles. The molecule has 0 aliphatic carbocycles. The van der Waals surface area contributed by atoms with E-state index in [1.807, 2.05) is 38.1 Å². The minimum atomic E-state index is -0.996. The first-order valence-electron chi connectivity index (χ1n) is 9.17. The number of nitrogens with one attached hydrogen (secondary N) is 1. The van der Waals surface area contributed by atoms with Crippen LogP contribution in [0, 0.1) is 0 Å². The number of rotatable bonds is 9. The summed E-state index contributed by atoms with van der Waals surface area (Å²) in [5.41, 5.74) is 2.08. The van der Waals surface area contributed by atoms with Crippen molar-refractivity contribution in [2.75, 3.05) is 5.75 Å². The van der Waals surface area contributed by atoms with Crippen molar-refractivity contribution < 1.29 is 23.8 Å². The first-order valence-corrected chi connectivity index (χ1v) is 10.2. The number of carbonyl (C=O) groups is 2. The Morgan fingerprint density at radius 2 is 1.90 bits per heavy atom. The number of thioether (sulfide) groups is 1. The maximum absolute atomic E-state index is 12.4. The molecule has 1 atom stereocenters. The molecule has 0 bridgehead atoms. The van der Waals surface area contributed by atoms with Gasteiger partial charge in [0.1, 0.15) is 11.3 Å². The van der Waals surface area contributed by atoms with Crippen molar-refractivity contribution in [1.82, 2.24) is 10.3 Å². The quantitative estimate of drug-likeness (QED) is 0.510. The minimum Gasteiger partial charge on any atom is -0.491 e. The number of nitrogens with zero attached hydrogens (tertiary/aromatic N) is 1. The van der Waals surface area contributed by atoms with Crippen molar-refractivity contribution in [1.29, 1.82) is 0 Å². The number of aromatic nitrogens is 1. The van der Waals surface area contributed by atoms with Gasteiger partial charge in [-0.15, -0.1) is 0 Å². The molecule has 3 rings (SSSR count). The highest BCUT2D eigenvalue weighted by molar-refractivity contribution is 7.99. The van der Waals surface area contributed by atoms with Crippen molar-refractivity contribution >= 4 is 34.7 Å². The molecule has 0 aliphatic rings. The second-order valence-electron chi connectivity index (χ2n) is 6.69. The topological polar surface area (TPSA) is 102 Å². The van der Waals surface area contributed by atoms with E-state index in [-0.39, 0.29) is 24.2 Å². The first kappa shape index (κ1) is 20.7. The molecule has 0 unspecified atom stereocenters. The molecule has 152 valence electrons. The highest BCUT2D eigenvalue weighted by atomic mass is 32.2. The molecule has 3 aromatic rings. The predicted octanol–water partition coefficient (Wildman–Crippen LogP) is 4.04. The molecule has 0 spiro atoms. The van der Waals surface area contributed by atoms with Crippen LogP contribution in [0.25, 0.3) is 11.1 Å². The monoisotopic (exact) mass is 414 g/mol. The number of para-hydroxylation sites is 2. The third-order valence-electron chi connectivity index (χ3n) is 3.97. The highest BCUT2D eigenvalue weighted by Gasteiger charge is 2.19. The summed E-state index contributed by atoms with van der Waals surface area (Å²) < 4.78 is 11.2. The van der Waals surface area contributed by atoms with Gasteiger partial charge >= 0.3 is 5.97 Å². The lowest BCUT2D eigenvalue weighted by molar-refractivity contribution is -0.137. The summed E-state index contributed by atoms with van der Waals surface area (Å²) >= 11 is 1.16. The lowest BCUT2D eigenvalue weighted by Crippen LogP contribution is -2.31. The zero-order valence-electron chi connectivity index (χ0n) is 16.1. The lowest BCUT2D eigenvalue weighted by atomic mass is 10.0. The van der Waals surface area contributed by atoms with Gasteiger partial charge in [0.25, 0.3) is 5.22 Å². The van der Waals surface area contributed by atoms with Gasteiger partial charge in [0, 0.05) is 0 Å². The maximum Gasteiger partial charge on any atom is 0.305 e. The number of carbonyl (C=O) groups excluding carboxylic acids is 1. The zero-order valence-corrected chi connectivity index (χ0v) is 16.9. The van der Waals surface area contributed by atoms with Crippen LogP contribution in [0.15, 0.2) is 58.2 Å². The van der Waals surface area contributed by atoms with Crippen LogP contribution >= 0.6 is 11.8 Å². The van der Waals surface area contributed by atoms with E-state index in [1.54, 1.807) is 24.3 Å². The van der Waals surface area contributed by atoms with Gasteiger partial charge in [-0.3, -0.25) is 9.59 Å². The van der Waals surface area contributed by atoms with E-state index >= 15 is 0 Å². The smallest absolute Gasteiger partial charge is 0.305 e. The number of benzene rings is 2. The Morgan fingerprint density at radius 3 is 2.55 bits per heavy atom. The molecular formula is C21H22N2O5S. The fourth-order valence-electron chi connectivity index (χ4n) is 2.75. The molecule has 0 radical (unpaired) electrons.